The number of piperazine rings is 1. The minimum Gasteiger partial charge on any atom is -0.329 e. The van der Waals surface area contributed by atoms with Crippen molar-refractivity contribution >= 4 is 17.6 Å². The highest BCUT2D eigenvalue weighted by Gasteiger charge is 2.40. The molecule has 112 valence electrons. The molecule has 2 amide bonds. The van der Waals surface area contributed by atoms with Crippen LogP contribution in [0.5, 0.6) is 0 Å². The Kier molecular flexibility index (Phi) is 3.74. The molecule has 0 aromatic carbocycles. The molecule has 0 saturated carbocycles. The van der Waals surface area contributed by atoms with Crippen molar-refractivity contribution in [3.05, 3.63) is 23.9 Å². The summed E-state index contributed by atoms with van der Waals surface area (Å²) in [5.41, 5.74) is 3.35. The van der Waals surface area contributed by atoms with Gasteiger partial charge >= 0.3 is 0 Å². The third-order valence-electron chi connectivity index (χ3n) is 4.09. The monoisotopic (exact) mass is 289 g/mol. The summed E-state index contributed by atoms with van der Waals surface area (Å²) in [5, 5.41) is 0. The Hall–Kier alpha value is -2.15. The summed E-state index contributed by atoms with van der Waals surface area (Å²) < 4.78 is 0. The first-order valence-corrected chi connectivity index (χ1v) is 7.19. The molecule has 2 fully saturated rings. The van der Waals surface area contributed by atoms with E-state index in [2.05, 4.69) is 10.4 Å². The van der Waals surface area contributed by atoms with E-state index in [0.717, 1.165) is 24.8 Å². The van der Waals surface area contributed by atoms with Crippen LogP contribution >= 0.6 is 0 Å². The second kappa shape index (κ2) is 5.69. The van der Waals surface area contributed by atoms with Crippen molar-refractivity contribution in [2.45, 2.75) is 31.8 Å². The maximum Gasteiger partial charge on any atom is 0.246 e. The van der Waals surface area contributed by atoms with Crippen molar-refractivity contribution in [2.75, 3.05) is 18.5 Å². The zero-order chi connectivity index (χ0) is 14.8. The number of nitrogens with zero attached hydrogens (tertiary/aromatic N) is 3. The molecule has 0 spiro atoms. The molecule has 21 heavy (non-hydrogen) atoms. The number of anilines is 1. The van der Waals surface area contributed by atoms with E-state index in [4.69, 9.17) is 5.84 Å². The van der Waals surface area contributed by atoms with Crippen molar-refractivity contribution in [3.8, 4) is 0 Å². The summed E-state index contributed by atoms with van der Waals surface area (Å²) in [4.78, 5) is 32.2. The molecule has 0 aliphatic carbocycles. The van der Waals surface area contributed by atoms with Crippen molar-refractivity contribution in [3.63, 3.8) is 0 Å². The van der Waals surface area contributed by atoms with Gasteiger partial charge in [0.25, 0.3) is 0 Å². The second-order valence-corrected chi connectivity index (χ2v) is 5.49. The van der Waals surface area contributed by atoms with Crippen LogP contribution in [-0.2, 0) is 16.1 Å². The number of nitrogens with two attached hydrogens (primary N) is 1. The number of fused-ring (bicyclic) bond motifs is 1. The van der Waals surface area contributed by atoms with Gasteiger partial charge in [0.15, 0.2) is 0 Å². The fourth-order valence-corrected chi connectivity index (χ4v) is 2.99. The number of pyridine rings is 1. The third-order valence-corrected chi connectivity index (χ3v) is 4.09. The molecule has 0 radical (unpaired) electrons. The Morgan fingerprint density at radius 2 is 2.19 bits per heavy atom. The van der Waals surface area contributed by atoms with Crippen LogP contribution in [0.15, 0.2) is 18.3 Å². The molecule has 7 heteroatoms. The molecule has 3 heterocycles. The summed E-state index contributed by atoms with van der Waals surface area (Å²) >= 11 is 0. The largest absolute Gasteiger partial charge is 0.329 e. The fourth-order valence-electron chi connectivity index (χ4n) is 2.99. The van der Waals surface area contributed by atoms with Gasteiger partial charge in [-0.25, -0.2) is 10.8 Å². The number of aromatic nitrogens is 1. The van der Waals surface area contributed by atoms with Crippen LogP contribution in [-0.4, -0.2) is 45.7 Å². The number of hydrogen-bond acceptors (Lipinski definition) is 5. The number of piperidine rings is 1. The van der Waals surface area contributed by atoms with Crippen LogP contribution in [0.1, 0.15) is 24.8 Å². The zero-order valence-corrected chi connectivity index (χ0v) is 11.8. The maximum atomic E-state index is 12.5. The molecule has 2 saturated heterocycles. The van der Waals surface area contributed by atoms with Crippen LogP contribution in [0.25, 0.3) is 0 Å². The van der Waals surface area contributed by atoms with Crippen molar-refractivity contribution in [2.24, 2.45) is 5.84 Å². The normalized spacial score (nSPS) is 22.2. The third kappa shape index (κ3) is 2.69. The Morgan fingerprint density at radius 3 is 2.90 bits per heavy atom. The molecule has 2 aliphatic heterocycles. The van der Waals surface area contributed by atoms with E-state index in [1.54, 1.807) is 22.1 Å². The Morgan fingerprint density at radius 1 is 1.33 bits per heavy atom. The molecule has 1 atom stereocenters. The lowest BCUT2D eigenvalue weighted by Crippen LogP contribution is -2.60. The SMILES string of the molecule is NNc1ccc(CN2CC(=O)N3CCCCC3C2=O)cn1. The smallest absolute Gasteiger partial charge is 0.246 e. The van der Waals surface area contributed by atoms with E-state index in [-0.39, 0.29) is 24.4 Å². The minimum absolute atomic E-state index is 0.0486. The van der Waals surface area contributed by atoms with Gasteiger partial charge in [-0.3, -0.25) is 9.59 Å². The van der Waals surface area contributed by atoms with E-state index < -0.39 is 0 Å². The molecular weight excluding hydrogens is 270 g/mol. The lowest BCUT2D eigenvalue weighted by atomic mass is 9.98. The molecular formula is C14H19N5O2. The number of hydrazine groups is 1. The number of carbonyl (C=O) groups is 2. The number of carbonyl (C=O) groups excluding carboxylic acids is 2. The summed E-state index contributed by atoms with van der Waals surface area (Å²) in [7, 11) is 0. The summed E-state index contributed by atoms with van der Waals surface area (Å²) in [5.74, 6) is 5.94. The zero-order valence-electron chi connectivity index (χ0n) is 11.8. The van der Waals surface area contributed by atoms with Crippen molar-refractivity contribution < 1.29 is 9.59 Å². The first-order valence-electron chi connectivity index (χ1n) is 7.19. The molecule has 0 bridgehead atoms. The van der Waals surface area contributed by atoms with E-state index in [1.807, 2.05) is 6.07 Å². The van der Waals surface area contributed by atoms with Gasteiger partial charge in [0.1, 0.15) is 18.4 Å². The van der Waals surface area contributed by atoms with E-state index in [1.165, 1.54) is 0 Å². The average Bonchev–Trinajstić information content (AvgIpc) is 2.53. The van der Waals surface area contributed by atoms with Crippen LogP contribution in [0.2, 0.25) is 0 Å². The number of nitrogens with one attached hydrogen (secondary N) is 1. The molecule has 7 nitrogen and oxygen atoms in total. The first kappa shape index (κ1) is 13.8. The highest BCUT2D eigenvalue weighted by molar-refractivity contribution is 5.95. The lowest BCUT2D eigenvalue weighted by molar-refractivity contribution is -0.158. The highest BCUT2D eigenvalue weighted by Crippen LogP contribution is 2.24. The van der Waals surface area contributed by atoms with E-state index >= 15 is 0 Å². The Bertz CT molecular complexity index is 545. The van der Waals surface area contributed by atoms with Crippen LogP contribution < -0.4 is 11.3 Å². The standard InChI is InChI=1S/C14H19N5O2/c15-17-12-5-4-10(7-16-12)8-18-9-13(20)19-6-2-1-3-11(19)14(18)21/h4-5,7,11H,1-3,6,8-9,15H2,(H,16,17). The minimum atomic E-state index is -0.266. The van der Waals surface area contributed by atoms with Gasteiger partial charge in [-0.05, 0) is 30.9 Å². The molecule has 3 rings (SSSR count). The number of nitrogen functional groups attached to an aromatic ring is 1. The number of amides is 2. The second-order valence-electron chi connectivity index (χ2n) is 5.49. The van der Waals surface area contributed by atoms with Crippen molar-refractivity contribution in [1.29, 1.82) is 0 Å². The van der Waals surface area contributed by atoms with Gasteiger partial charge in [0.05, 0.1) is 0 Å². The van der Waals surface area contributed by atoms with Gasteiger partial charge in [-0.15, -0.1) is 0 Å². The summed E-state index contributed by atoms with van der Waals surface area (Å²) in [6.45, 7) is 1.28. The molecule has 1 aromatic rings. The lowest BCUT2D eigenvalue weighted by Gasteiger charge is -2.42. The summed E-state index contributed by atoms with van der Waals surface area (Å²) in [6.07, 6.45) is 4.44. The fraction of sp³-hybridized carbons (Fsp3) is 0.500. The average molecular weight is 289 g/mol. The quantitative estimate of drug-likeness (QED) is 0.608. The predicted octanol–water partition coefficient (Wildman–Crippen LogP) is 0.0905. The molecule has 1 unspecified atom stereocenters. The number of rotatable bonds is 3. The van der Waals surface area contributed by atoms with Crippen molar-refractivity contribution in [1.82, 2.24) is 14.8 Å². The Balaban J connectivity index is 1.72. The van der Waals surface area contributed by atoms with Gasteiger partial charge < -0.3 is 15.2 Å². The topological polar surface area (TPSA) is 91.6 Å². The predicted molar refractivity (Wildman–Crippen MR) is 76.8 cm³/mol. The highest BCUT2D eigenvalue weighted by atomic mass is 16.2. The van der Waals surface area contributed by atoms with E-state index in [0.29, 0.717) is 18.9 Å². The molecule has 2 aliphatic rings. The molecule has 3 N–H and O–H groups in total. The van der Waals surface area contributed by atoms with Gasteiger partial charge in [-0.1, -0.05) is 6.07 Å². The van der Waals surface area contributed by atoms with Crippen LogP contribution in [0, 0.1) is 0 Å². The summed E-state index contributed by atoms with van der Waals surface area (Å²) in [6, 6.07) is 3.34. The van der Waals surface area contributed by atoms with Gasteiger partial charge in [0.2, 0.25) is 11.8 Å². The molecule has 1 aromatic heterocycles. The van der Waals surface area contributed by atoms with Crippen LogP contribution in [0.3, 0.4) is 0 Å². The van der Waals surface area contributed by atoms with Gasteiger partial charge in [-0.2, -0.15) is 0 Å². The van der Waals surface area contributed by atoms with Gasteiger partial charge in [0, 0.05) is 19.3 Å². The van der Waals surface area contributed by atoms with Crippen LogP contribution in [0.4, 0.5) is 5.82 Å². The number of hydrogen-bond donors (Lipinski definition) is 2. The first-order chi connectivity index (χ1) is 10.2. The van der Waals surface area contributed by atoms with E-state index in [9.17, 15) is 9.59 Å². The maximum absolute atomic E-state index is 12.5. The Labute approximate surface area is 123 Å².